The minimum atomic E-state index is -1.06. The van der Waals surface area contributed by atoms with Crippen molar-refractivity contribution in [1.29, 1.82) is 0 Å². The van der Waals surface area contributed by atoms with Gasteiger partial charge in [0.15, 0.2) is 5.76 Å². The van der Waals surface area contributed by atoms with Crippen LogP contribution < -0.4 is 5.56 Å². The molecule has 1 N–H and O–H groups in total. The maximum atomic E-state index is 13.2. The van der Waals surface area contributed by atoms with E-state index in [-0.39, 0.29) is 11.1 Å². The van der Waals surface area contributed by atoms with Crippen LogP contribution in [0, 0.1) is 0 Å². The fraction of sp³-hybridized carbons (Fsp3) is 0.143. The average Bonchev–Trinajstić information content (AvgIpc) is 2.71. The molecule has 0 saturated carbocycles. The van der Waals surface area contributed by atoms with Gasteiger partial charge in [0.2, 0.25) is 0 Å². The SMILES string of the molecule is O=C(O)c1cccc2c(=O)n(C(C3=CC=CCC3)C3=COC=CO3)ccc12. The number of benzene rings is 1. The first-order valence-electron chi connectivity index (χ1n) is 8.57. The highest BCUT2D eigenvalue weighted by atomic mass is 16.5. The van der Waals surface area contributed by atoms with Crippen molar-refractivity contribution >= 4 is 16.7 Å². The van der Waals surface area contributed by atoms with E-state index in [1.54, 1.807) is 29.0 Å². The molecule has 27 heavy (non-hydrogen) atoms. The van der Waals surface area contributed by atoms with Gasteiger partial charge in [-0.2, -0.15) is 0 Å². The summed E-state index contributed by atoms with van der Waals surface area (Å²) < 4.78 is 12.4. The maximum Gasteiger partial charge on any atom is 0.336 e. The molecule has 6 nitrogen and oxygen atoms in total. The Bertz CT molecular complexity index is 1090. The second kappa shape index (κ2) is 6.99. The van der Waals surface area contributed by atoms with Gasteiger partial charge < -0.3 is 19.1 Å². The lowest BCUT2D eigenvalue weighted by Gasteiger charge is -2.26. The summed E-state index contributed by atoms with van der Waals surface area (Å²) in [6.45, 7) is 0. The Hall–Kier alpha value is -3.54. The van der Waals surface area contributed by atoms with Crippen molar-refractivity contribution in [3.8, 4) is 0 Å². The Balaban J connectivity index is 1.91. The number of carbonyl (C=O) groups is 1. The van der Waals surface area contributed by atoms with Crippen LogP contribution in [-0.2, 0) is 9.47 Å². The molecule has 2 heterocycles. The number of hydrogen-bond donors (Lipinski definition) is 1. The third-order valence-corrected chi connectivity index (χ3v) is 4.67. The lowest BCUT2D eigenvalue weighted by atomic mass is 9.95. The molecule has 1 aromatic heterocycles. The molecule has 1 aliphatic carbocycles. The number of carboxylic acid groups (broad SMARTS) is 1. The van der Waals surface area contributed by atoms with Crippen LogP contribution in [0.15, 0.2) is 83.6 Å². The monoisotopic (exact) mass is 363 g/mol. The topological polar surface area (TPSA) is 77.8 Å². The highest BCUT2D eigenvalue weighted by Gasteiger charge is 2.26. The Morgan fingerprint density at radius 2 is 2.07 bits per heavy atom. The molecule has 1 aliphatic heterocycles. The number of hydrogen-bond acceptors (Lipinski definition) is 4. The predicted octanol–water partition coefficient (Wildman–Crippen LogP) is 3.88. The number of rotatable bonds is 4. The number of allylic oxidation sites excluding steroid dienone is 4. The van der Waals surface area contributed by atoms with Crippen molar-refractivity contribution in [3.05, 3.63) is 94.7 Å². The Labute approximate surface area is 154 Å². The Kier molecular flexibility index (Phi) is 4.38. The minimum Gasteiger partial charge on any atom is -0.478 e. The van der Waals surface area contributed by atoms with Gasteiger partial charge in [-0.15, -0.1) is 0 Å². The summed E-state index contributed by atoms with van der Waals surface area (Å²) in [4.78, 5) is 24.7. The molecular weight excluding hydrogens is 346 g/mol. The Morgan fingerprint density at radius 1 is 1.19 bits per heavy atom. The van der Waals surface area contributed by atoms with E-state index in [1.807, 2.05) is 12.2 Å². The van der Waals surface area contributed by atoms with E-state index in [4.69, 9.17) is 9.47 Å². The standard InChI is InChI=1S/C21H17NO5/c23-20-16-7-4-8-17(21(24)25)15(16)9-10-22(20)19(14-5-2-1-3-6-14)18-13-26-11-12-27-18/h1-2,4-5,7-13,19H,3,6H2,(H,24,25). The van der Waals surface area contributed by atoms with Gasteiger partial charge in [-0.1, -0.05) is 24.3 Å². The molecule has 1 unspecified atom stereocenters. The zero-order chi connectivity index (χ0) is 18.8. The first kappa shape index (κ1) is 16.9. The van der Waals surface area contributed by atoms with E-state index in [2.05, 4.69) is 6.08 Å². The van der Waals surface area contributed by atoms with Crippen LogP contribution in [0.4, 0.5) is 0 Å². The van der Waals surface area contributed by atoms with Gasteiger partial charge in [0.05, 0.1) is 5.56 Å². The van der Waals surface area contributed by atoms with Crippen molar-refractivity contribution in [3.63, 3.8) is 0 Å². The summed E-state index contributed by atoms with van der Waals surface area (Å²) in [5.41, 5.74) is 0.834. The molecule has 1 atom stereocenters. The van der Waals surface area contributed by atoms with E-state index in [9.17, 15) is 14.7 Å². The Morgan fingerprint density at radius 3 is 2.78 bits per heavy atom. The first-order valence-corrected chi connectivity index (χ1v) is 8.57. The van der Waals surface area contributed by atoms with Gasteiger partial charge in [0, 0.05) is 17.0 Å². The summed E-state index contributed by atoms with van der Waals surface area (Å²) in [5, 5.41) is 10.1. The van der Waals surface area contributed by atoms with E-state index < -0.39 is 12.0 Å². The molecule has 136 valence electrons. The zero-order valence-corrected chi connectivity index (χ0v) is 14.4. The minimum absolute atomic E-state index is 0.104. The van der Waals surface area contributed by atoms with Gasteiger partial charge in [-0.3, -0.25) is 4.79 Å². The molecule has 0 fully saturated rings. The largest absolute Gasteiger partial charge is 0.478 e. The molecule has 4 rings (SSSR count). The molecule has 0 amide bonds. The van der Waals surface area contributed by atoms with E-state index in [1.165, 1.54) is 24.9 Å². The van der Waals surface area contributed by atoms with Crippen LogP contribution in [0.2, 0.25) is 0 Å². The highest BCUT2D eigenvalue weighted by molar-refractivity contribution is 6.03. The molecule has 1 aromatic carbocycles. The van der Waals surface area contributed by atoms with Crippen molar-refractivity contribution < 1.29 is 19.4 Å². The summed E-state index contributed by atoms with van der Waals surface area (Å²) in [6.07, 6.45) is 13.6. The number of nitrogens with zero attached hydrogens (tertiary/aromatic N) is 1. The smallest absolute Gasteiger partial charge is 0.336 e. The summed E-state index contributed by atoms with van der Waals surface area (Å²) in [6, 6.07) is 5.90. The van der Waals surface area contributed by atoms with Gasteiger partial charge in [-0.25, -0.2) is 4.79 Å². The number of carboxylic acids is 1. The van der Waals surface area contributed by atoms with Crippen LogP contribution in [0.5, 0.6) is 0 Å². The fourth-order valence-corrected chi connectivity index (χ4v) is 3.43. The number of ether oxygens (including phenoxy) is 2. The molecule has 2 aromatic rings. The second-order valence-corrected chi connectivity index (χ2v) is 6.26. The number of pyridine rings is 1. The van der Waals surface area contributed by atoms with E-state index in [0.717, 1.165) is 18.4 Å². The predicted molar refractivity (Wildman–Crippen MR) is 100 cm³/mol. The number of fused-ring (bicyclic) bond motifs is 1. The van der Waals surface area contributed by atoms with Crippen molar-refractivity contribution in [2.45, 2.75) is 18.9 Å². The van der Waals surface area contributed by atoms with Crippen molar-refractivity contribution in [2.75, 3.05) is 0 Å². The van der Waals surface area contributed by atoms with E-state index in [0.29, 0.717) is 16.5 Å². The maximum absolute atomic E-state index is 13.2. The molecule has 0 saturated heterocycles. The second-order valence-electron chi connectivity index (χ2n) is 6.26. The van der Waals surface area contributed by atoms with Crippen LogP contribution in [0.3, 0.4) is 0 Å². The van der Waals surface area contributed by atoms with Crippen LogP contribution in [0.1, 0.15) is 29.2 Å². The fourth-order valence-electron chi connectivity index (χ4n) is 3.43. The van der Waals surface area contributed by atoms with Gasteiger partial charge in [0.25, 0.3) is 5.56 Å². The molecular formula is C21H17NO5. The summed E-state index contributed by atoms with van der Waals surface area (Å²) in [7, 11) is 0. The van der Waals surface area contributed by atoms with Crippen molar-refractivity contribution in [2.24, 2.45) is 0 Å². The van der Waals surface area contributed by atoms with Crippen molar-refractivity contribution in [1.82, 2.24) is 4.57 Å². The van der Waals surface area contributed by atoms with Crippen LogP contribution in [-0.4, -0.2) is 15.6 Å². The van der Waals surface area contributed by atoms with Gasteiger partial charge in [0.1, 0.15) is 24.8 Å². The lowest BCUT2D eigenvalue weighted by Crippen LogP contribution is -2.28. The summed E-state index contributed by atoms with van der Waals surface area (Å²) in [5.74, 6) is -0.568. The normalized spacial score (nSPS) is 16.9. The molecule has 2 aliphatic rings. The number of aromatic nitrogens is 1. The molecule has 6 heteroatoms. The molecule has 0 radical (unpaired) electrons. The van der Waals surface area contributed by atoms with Gasteiger partial charge >= 0.3 is 5.97 Å². The lowest BCUT2D eigenvalue weighted by molar-refractivity contribution is 0.0699. The molecule has 0 spiro atoms. The third kappa shape index (κ3) is 3.06. The number of aromatic carboxylic acids is 1. The average molecular weight is 363 g/mol. The quantitative estimate of drug-likeness (QED) is 0.892. The zero-order valence-electron chi connectivity index (χ0n) is 14.4. The van der Waals surface area contributed by atoms with E-state index >= 15 is 0 Å². The van der Waals surface area contributed by atoms with Gasteiger partial charge in [-0.05, 0) is 36.6 Å². The highest BCUT2D eigenvalue weighted by Crippen LogP contribution is 2.33. The van der Waals surface area contributed by atoms with Crippen LogP contribution >= 0.6 is 0 Å². The third-order valence-electron chi connectivity index (χ3n) is 4.67. The molecule has 0 bridgehead atoms. The first-order chi connectivity index (χ1) is 13.2. The summed E-state index contributed by atoms with van der Waals surface area (Å²) >= 11 is 0. The van der Waals surface area contributed by atoms with Crippen LogP contribution in [0.25, 0.3) is 10.8 Å².